The van der Waals surface area contributed by atoms with Gasteiger partial charge >= 0.3 is 18.1 Å². The molecule has 0 aliphatic carbocycles. The molecule has 8 atom stereocenters. The van der Waals surface area contributed by atoms with Crippen LogP contribution < -0.4 is 21.7 Å². The molecule has 0 radical (unpaired) electrons. The van der Waals surface area contributed by atoms with Crippen LogP contribution in [-0.4, -0.2) is 112 Å². The van der Waals surface area contributed by atoms with Gasteiger partial charge in [-0.15, -0.1) is 0 Å². The van der Waals surface area contributed by atoms with E-state index in [2.05, 4.69) is 10.6 Å². The second kappa shape index (κ2) is 13.5. The molecule has 0 spiro atoms. The monoisotopic (exact) mass is 546 g/mol. The highest BCUT2D eigenvalue weighted by molar-refractivity contribution is 5.92. The van der Waals surface area contributed by atoms with Gasteiger partial charge in [0.1, 0.15) is 42.5 Å². The van der Waals surface area contributed by atoms with E-state index >= 15 is 0 Å². The van der Waals surface area contributed by atoms with Crippen molar-refractivity contribution in [2.45, 2.75) is 81.7 Å². The molecular formula is C19H29F3N4O11. The molecule has 0 aromatic carbocycles. The van der Waals surface area contributed by atoms with E-state index < -0.39 is 97.6 Å². The fourth-order valence-corrected chi connectivity index (χ4v) is 3.18. The zero-order chi connectivity index (χ0) is 28.7. The highest BCUT2D eigenvalue weighted by Crippen LogP contribution is 2.25. The minimum atomic E-state index is -5.37. The average molecular weight is 546 g/mol. The van der Waals surface area contributed by atoms with E-state index in [0.717, 1.165) is 6.92 Å². The van der Waals surface area contributed by atoms with Crippen molar-refractivity contribution in [1.29, 1.82) is 0 Å². The Bertz CT molecular complexity index is 860. The van der Waals surface area contributed by atoms with Crippen LogP contribution in [0.5, 0.6) is 0 Å². The lowest BCUT2D eigenvalue weighted by Crippen LogP contribution is -2.66. The van der Waals surface area contributed by atoms with Crippen molar-refractivity contribution in [2.24, 2.45) is 5.73 Å². The molecule has 212 valence electrons. The summed E-state index contributed by atoms with van der Waals surface area (Å²) in [6, 6.07) is -4.72. The van der Waals surface area contributed by atoms with Crippen LogP contribution in [-0.2, 0) is 33.4 Å². The SMILES string of the molecule is C[C@H](NC(=O)[C@@H](C)O[C@H]1[C@H](O)[C@@H](CO)O[C@@H](O)[C@@H]1NC(=O)C(F)(F)F)C(=O)N[C@H](CCC(=O)O)C(N)=O. The normalized spacial score (nSPS) is 26.3. The van der Waals surface area contributed by atoms with Gasteiger partial charge in [0.15, 0.2) is 6.29 Å². The summed E-state index contributed by atoms with van der Waals surface area (Å²) < 4.78 is 48.2. The Labute approximate surface area is 207 Å². The maximum Gasteiger partial charge on any atom is 0.471 e. The van der Waals surface area contributed by atoms with Crippen LogP contribution in [0.1, 0.15) is 26.7 Å². The predicted molar refractivity (Wildman–Crippen MR) is 112 cm³/mol. The summed E-state index contributed by atoms with van der Waals surface area (Å²) in [5, 5.41) is 44.1. The molecule has 37 heavy (non-hydrogen) atoms. The van der Waals surface area contributed by atoms with Crippen molar-refractivity contribution in [2.75, 3.05) is 6.61 Å². The summed E-state index contributed by atoms with van der Waals surface area (Å²) in [7, 11) is 0. The first-order valence-electron chi connectivity index (χ1n) is 10.8. The van der Waals surface area contributed by atoms with E-state index in [1.54, 1.807) is 0 Å². The smallest absolute Gasteiger partial charge is 0.471 e. The molecule has 9 N–H and O–H groups in total. The number of hydrogen-bond acceptors (Lipinski definition) is 10. The standard InChI is InChI=1S/C19H29F3N4O11/c1-6(15(32)25-8(14(23)31)3-4-10(28)29)24-16(33)7(2)36-13-11(26-18(35)19(20,21)22)17(34)37-9(5-27)12(13)30/h6-9,11-13,17,27,30,34H,3-5H2,1-2H3,(H2,23,31)(H,24,33)(H,25,32)(H,26,35)(H,28,29)/t6-,7+,8+,9+,11+,12+,13+,17+/m0/s1. The summed E-state index contributed by atoms with van der Waals surface area (Å²) in [5.41, 5.74) is 5.12. The number of ether oxygens (including phenoxy) is 2. The first kappa shape index (κ1) is 32.0. The second-order valence-corrected chi connectivity index (χ2v) is 8.10. The third-order valence-electron chi connectivity index (χ3n) is 5.22. The Morgan fingerprint density at radius 2 is 1.68 bits per heavy atom. The fourth-order valence-electron chi connectivity index (χ4n) is 3.18. The number of halogens is 3. The van der Waals surface area contributed by atoms with Gasteiger partial charge in [0.05, 0.1) is 6.61 Å². The predicted octanol–water partition coefficient (Wildman–Crippen LogP) is -3.78. The summed E-state index contributed by atoms with van der Waals surface area (Å²) in [6.45, 7) is 1.35. The lowest BCUT2D eigenvalue weighted by Gasteiger charge is -2.43. The number of carbonyl (C=O) groups excluding carboxylic acids is 4. The molecule has 1 heterocycles. The van der Waals surface area contributed by atoms with Crippen LogP contribution in [0.4, 0.5) is 13.2 Å². The van der Waals surface area contributed by atoms with Crippen molar-refractivity contribution >= 4 is 29.6 Å². The van der Waals surface area contributed by atoms with Gasteiger partial charge in [-0.25, -0.2) is 0 Å². The van der Waals surface area contributed by atoms with Gasteiger partial charge in [0.2, 0.25) is 17.7 Å². The average Bonchev–Trinajstić information content (AvgIpc) is 2.79. The fraction of sp³-hybridized carbons (Fsp3) is 0.737. The van der Waals surface area contributed by atoms with Crippen molar-refractivity contribution in [3.8, 4) is 0 Å². The lowest BCUT2D eigenvalue weighted by atomic mass is 9.96. The van der Waals surface area contributed by atoms with Gasteiger partial charge in [-0.05, 0) is 20.3 Å². The van der Waals surface area contributed by atoms with Crippen LogP contribution in [0.15, 0.2) is 0 Å². The van der Waals surface area contributed by atoms with Gasteiger partial charge in [-0.3, -0.25) is 24.0 Å². The number of nitrogens with two attached hydrogens (primary N) is 1. The lowest BCUT2D eigenvalue weighted by molar-refractivity contribution is -0.268. The number of aliphatic carboxylic acids is 1. The second-order valence-electron chi connectivity index (χ2n) is 8.10. The molecule has 1 saturated heterocycles. The van der Waals surface area contributed by atoms with E-state index in [9.17, 15) is 52.5 Å². The van der Waals surface area contributed by atoms with E-state index in [4.69, 9.17) is 20.3 Å². The van der Waals surface area contributed by atoms with Crippen LogP contribution in [0.25, 0.3) is 0 Å². The van der Waals surface area contributed by atoms with E-state index in [-0.39, 0.29) is 6.42 Å². The highest BCUT2D eigenvalue weighted by atomic mass is 19.4. The maximum atomic E-state index is 12.7. The molecule has 15 nitrogen and oxygen atoms in total. The number of hydrogen-bond donors (Lipinski definition) is 8. The molecule has 0 bridgehead atoms. The van der Waals surface area contributed by atoms with Gasteiger partial charge in [-0.1, -0.05) is 0 Å². The number of alkyl halides is 3. The molecule has 0 aromatic heterocycles. The number of primary amides is 1. The third kappa shape index (κ3) is 9.39. The Kier molecular flexibility index (Phi) is 11.6. The maximum absolute atomic E-state index is 12.7. The van der Waals surface area contributed by atoms with E-state index in [1.807, 2.05) is 0 Å². The largest absolute Gasteiger partial charge is 0.481 e. The number of aliphatic hydroxyl groups is 3. The van der Waals surface area contributed by atoms with Crippen molar-refractivity contribution in [3.63, 3.8) is 0 Å². The molecule has 1 rings (SSSR count). The van der Waals surface area contributed by atoms with E-state index in [0.29, 0.717) is 0 Å². The summed E-state index contributed by atoms with van der Waals surface area (Å²) in [5.74, 6) is -6.76. The Morgan fingerprint density at radius 1 is 1.08 bits per heavy atom. The quantitative estimate of drug-likeness (QED) is 0.118. The molecule has 1 aliphatic rings. The number of rotatable bonds is 12. The van der Waals surface area contributed by atoms with Crippen molar-refractivity contribution in [1.82, 2.24) is 16.0 Å². The number of carboxylic acids is 1. The molecule has 0 unspecified atom stereocenters. The number of amides is 4. The molecule has 4 amide bonds. The third-order valence-corrected chi connectivity index (χ3v) is 5.22. The van der Waals surface area contributed by atoms with Crippen LogP contribution in [0, 0.1) is 0 Å². The minimum Gasteiger partial charge on any atom is -0.481 e. The highest BCUT2D eigenvalue weighted by Gasteiger charge is 2.50. The number of aliphatic hydroxyl groups excluding tert-OH is 3. The Hall–Kier alpha value is -3.06. The molecule has 18 heteroatoms. The molecule has 1 aliphatic heterocycles. The molecule has 0 aromatic rings. The first-order valence-corrected chi connectivity index (χ1v) is 10.8. The zero-order valence-electron chi connectivity index (χ0n) is 19.6. The molecule has 1 fully saturated rings. The van der Waals surface area contributed by atoms with Crippen molar-refractivity contribution in [3.05, 3.63) is 0 Å². The van der Waals surface area contributed by atoms with Gasteiger partial charge < -0.3 is 51.6 Å². The Balaban J connectivity index is 2.90. The number of carbonyl (C=O) groups is 5. The minimum absolute atomic E-state index is 0.322. The van der Waals surface area contributed by atoms with Gasteiger partial charge in [0, 0.05) is 6.42 Å². The summed E-state index contributed by atoms with van der Waals surface area (Å²) in [4.78, 5) is 58.3. The number of carboxylic acid groups (broad SMARTS) is 1. The van der Waals surface area contributed by atoms with E-state index in [1.165, 1.54) is 12.2 Å². The van der Waals surface area contributed by atoms with Crippen LogP contribution in [0.3, 0.4) is 0 Å². The molecular weight excluding hydrogens is 517 g/mol. The molecule has 0 saturated carbocycles. The van der Waals surface area contributed by atoms with Gasteiger partial charge in [0.25, 0.3) is 0 Å². The topological polar surface area (TPSA) is 247 Å². The summed E-state index contributed by atoms with van der Waals surface area (Å²) in [6.07, 6.45) is -15.3. The zero-order valence-corrected chi connectivity index (χ0v) is 19.6. The Morgan fingerprint density at radius 3 is 2.16 bits per heavy atom. The van der Waals surface area contributed by atoms with Gasteiger partial charge in [-0.2, -0.15) is 13.2 Å². The first-order chi connectivity index (χ1) is 17.0. The van der Waals surface area contributed by atoms with Crippen molar-refractivity contribution < 1.29 is 67.0 Å². The number of nitrogens with one attached hydrogen (secondary N) is 3. The summed E-state index contributed by atoms with van der Waals surface area (Å²) >= 11 is 0. The van der Waals surface area contributed by atoms with Crippen LogP contribution in [0.2, 0.25) is 0 Å². The van der Waals surface area contributed by atoms with Crippen LogP contribution >= 0.6 is 0 Å².